The first-order valence-corrected chi connectivity index (χ1v) is 13.6. The maximum absolute atomic E-state index is 10.2. The molecule has 216 valence electrons. The van der Waals surface area contributed by atoms with E-state index in [1.54, 1.807) is 29.6 Å². The Bertz CT molecular complexity index is 1590. The average molecular weight is 562 g/mol. The van der Waals surface area contributed by atoms with Gasteiger partial charge in [0.2, 0.25) is 11.8 Å². The summed E-state index contributed by atoms with van der Waals surface area (Å²) in [5, 5.41) is 37.0. The minimum absolute atomic E-state index is 0.148. The van der Waals surface area contributed by atoms with Crippen LogP contribution in [0.4, 0.5) is 0 Å². The van der Waals surface area contributed by atoms with Crippen molar-refractivity contribution in [3.63, 3.8) is 0 Å². The maximum Gasteiger partial charge on any atom is 0.241 e. The summed E-state index contributed by atoms with van der Waals surface area (Å²) in [4.78, 5) is 6.85. The number of methoxy groups -OCH3 is 1. The molecule has 2 N–H and O–H groups in total. The Labute approximate surface area is 237 Å². The van der Waals surface area contributed by atoms with E-state index in [0.717, 1.165) is 45.7 Å². The first-order valence-electron chi connectivity index (χ1n) is 13.6. The molecular formula is C28H35N9O4. The molecule has 0 unspecified atom stereocenters. The molecule has 0 fully saturated rings. The molecule has 0 spiro atoms. The van der Waals surface area contributed by atoms with Crippen LogP contribution in [-0.4, -0.2) is 83.8 Å². The van der Waals surface area contributed by atoms with Crippen molar-refractivity contribution in [2.24, 2.45) is 7.05 Å². The van der Waals surface area contributed by atoms with Gasteiger partial charge in [-0.1, -0.05) is 6.92 Å². The van der Waals surface area contributed by atoms with Crippen LogP contribution < -0.4 is 9.47 Å². The molecule has 0 saturated carbocycles. The molecule has 4 aromatic rings. The molecule has 4 aromatic heterocycles. The van der Waals surface area contributed by atoms with Gasteiger partial charge in [-0.2, -0.15) is 15.5 Å². The summed E-state index contributed by atoms with van der Waals surface area (Å²) in [6.07, 6.45) is 4.75. The molecule has 1 aliphatic rings. The first kappa shape index (κ1) is 28.3. The molecule has 2 atom stereocenters. The predicted molar refractivity (Wildman–Crippen MR) is 152 cm³/mol. The van der Waals surface area contributed by atoms with Crippen LogP contribution in [0.3, 0.4) is 0 Å². The van der Waals surface area contributed by atoms with E-state index in [1.807, 2.05) is 38.3 Å². The molecule has 5 heterocycles. The fourth-order valence-electron chi connectivity index (χ4n) is 5.11. The number of rotatable bonds is 7. The van der Waals surface area contributed by atoms with Crippen molar-refractivity contribution in [1.82, 2.24) is 39.6 Å². The monoisotopic (exact) mass is 561 g/mol. The number of nitriles is 1. The number of ether oxygens (including phenoxy) is 3. The number of aryl methyl sites for hydroxylation is 1. The lowest BCUT2D eigenvalue weighted by Gasteiger charge is -2.26. The van der Waals surface area contributed by atoms with Crippen LogP contribution in [0.1, 0.15) is 43.4 Å². The number of H-pyrrole nitrogens is 1. The van der Waals surface area contributed by atoms with Gasteiger partial charge in [0.15, 0.2) is 12.3 Å². The molecule has 2 bridgehead atoms. The van der Waals surface area contributed by atoms with Crippen molar-refractivity contribution in [3.05, 3.63) is 34.9 Å². The van der Waals surface area contributed by atoms with Crippen molar-refractivity contribution in [2.75, 3.05) is 26.8 Å². The highest BCUT2D eigenvalue weighted by atomic mass is 16.5. The number of hydrogen-bond donors (Lipinski definition) is 2. The normalized spacial score (nSPS) is 17.2. The second-order valence-corrected chi connectivity index (χ2v) is 10.1. The summed E-state index contributed by atoms with van der Waals surface area (Å²) in [6, 6.07) is 4.03. The van der Waals surface area contributed by atoms with Crippen molar-refractivity contribution >= 4 is 23.2 Å². The predicted octanol–water partition coefficient (Wildman–Crippen LogP) is 2.76. The van der Waals surface area contributed by atoms with Crippen LogP contribution in [0.25, 0.3) is 34.3 Å². The summed E-state index contributed by atoms with van der Waals surface area (Å²) in [5.41, 5.74) is 5.29. The zero-order valence-electron chi connectivity index (χ0n) is 24.0. The van der Waals surface area contributed by atoms with E-state index in [4.69, 9.17) is 19.3 Å². The standard InChI is InChI=1S/C28H35N9O4/c1-6-36-14-18(3)41-28-25(23(16-39-5)33-35(28)4)19-11-21-22(31-32-26(21)30-12-19)8-7-20-24(15-36)37(13-17(2)38)34-27(20)40-10-9-29/h7-8,11-12,17-18,38H,6,10,13-16H2,1-5H3,(H,30,31,32)/b8-7+/t17-,18-/m0/s1. The van der Waals surface area contributed by atoms with Crippen LogP contribution in [0.5, 0.6) is 11.8 Å². The van der Waals surface area contributed by atoms with Gasteiger partial charge in [0.25, 0.3) is 0 Å². The fraction of sp³-hybridized carbons (Fsp3) is 0.464. The number of aliphatic hydroxyl groups excluding tert-OH is 1. The summed E-state index contributed by atoms with van der Waals surface area (Å²) in [5.74, 6) is 0.956. The number of aliphatic hydroxyl groups is 1. The number of likely N-dealkylation sites (N-methyl/N-ethyl adjacent to an activating group) is 1. The van der Waals surface area contributed by atoms with E-state index < -0.39 is 6.10 Å². The summed E-state index contributed by atoms with van der Waals surface area (Å²) < 4.78 is 21.3. The number of aromatic amines is 1. The summed E-state index contributed by atoms with van der Waals surface area (Å²) in [7, 11) is 3.50. The molecule has 0 radical (unpaired) electrons. The number of pyridine rings is 1. The zero-order valence-corrected chi connectivity index (χ0v) is 24.0. The van der Waals surface area contributed by atoms with Crippen molar-refractivity contribution < 1.29 is 19.3 Å². The van der Waals surface area contributed by atoms with Crippen LogP contribution in [0.15, 0.2) is 12.3 Å². The topological polar surface area (TPSA) is 152 Å². The average Bonchev–Trinajstić information content (AvgIpc) is 3.58. The van der Waals surface area contributed by atoms with E-state index >= 15 is 0 Å². The largest absolute Gasteiger partial charge is 0.473 e. The lowest BCUT2D eigenvalue weighted by molar-refractivity contribution is 0.131. The zero-order chi connectivity index (χ0) is 29.1. The third-order valence-corrected chi connectivity index (χ3v) is 6.92. The van der Waals surface area contributed by atoms with E-state index in [0.29, 0.717) is 37.1 Å². The van der Waals surface area contributed by atoms with Gasteiger partial charge in [-0.05, 0) is 38.6 Å². The third kappa shape index (κ3) is 5.81. The van der Waals surface area contributed by atoms with E-state index in [-0.39, 0.29) is 19.3 Å². The van der Waals surface area contributed by atoms with Gasteiger partial charge >= 0.3 is 0 Å². The number of fused-ring (bicyclic) bond motifs is 4. The minimum atomic E-state index is -0.633. The molecule has 0 amide bonds. The minimum Gasteiger partial charge on any atom is -0.473 e. The summed E-state index contributed by atoms with van der Waals surface area (Å²) in [6.45, 7) is 8.13. The first-order chi connectivity index (χ1) is 19.8. The Kier molecular flexibility index (Phi) is 8.34. The molecule has 0 aromatic carbocycles. The highest BCUT2D eigenvalue weighted by Crippen LogP contribution is 2.36. The second kappa shape index (κ2) is 12.1. The Morgan fingerprint density at radius 3 is 2.88 bits per heavy atom. The Balaban J connectivity index is 1.72. The number of nitrogens with zero attached hydrogens (tertiary/aromatic N) is 8. The highest BCUT2D eigenvalue weighted by Gasteiger charge is 2.25. The van der Waals surface area contributed by atoms with Crippen LogP contribution >= 0.6 is 0 Å². The van der Waals surface area contributed by atoms with Gasteiger partial charge in [-0.15, -0.1) is 5.10 Å². The van der Waals surface area contributed by atoms with Gasteiger partial charge in [0, 0.05) is 44.4 Å². The highest BCUT2D eigenvalue weighted by molar-refractivity contribution is 5.91. The van der Waals surface area contributed by atoms with Gasteiger partial charge in [-0.3, -0.25) is 14.7 Å². The van der Waals surface area contributed by atoms with Crippen LogP contribution in [0, 0.1) is 11.3 Å². The van der Waals surface area contributed by atoms with Crippen LogP contribution in [-0.2, 0) is 31.5 Å². The molecule has 13 nitrogen and oxygen atoms in total. The van der Waals surface area contributed by atoms with Crippen molar-refractivity contribution in [1.29, 1.82) is 5.26 Å². The van der Waals surface area contributed by atoms with Crippen LogP contribution in [0.2, 0.25) is 0 Å². The number of hydrogen-bond acceptors (Lipinski definition) is 10. The third-order valence-electron chi connectivity index (χ3n) is 6.92. The van der Waals surface area contributed by atoms with E-state index in [9.17, 15) is 10.4 Å². The number of aromatic nitrogens is 7. The molecular weight excluding hydrogens is 526 g/mol. The lowest BCUT2D eigenvalue weighted by atomic mass is 10.1. The molecule has 1 aliphatic heterocycles. The molecule has 0 aliphatic carbocycles. The smallest absolute Gasteiger partial charge is 0.241 e. The van der Waals surface area contributed by atoms with Crippen molar-refractivity contribution in [3.8, 4) is 29.0 Å². The lowest BCUT2D eigenvalue weighted by Crippen LogP contribution is -2.35. The number of nitrogens with one attached hydrogen (secondary N) is 1. The Morgan fingerprint density at radius 2 is 2.15 bits per heavy atom. The molecule has 5 rings (SSSR count). The SMILES string of the molecule is CCN1Cc2c(c(OCC#N)nn2C[C@H](C)O)/C=C/c2[nH]nc3ncc(cc23)-c2c(COC)nn(C)c2O[C@@H](C)C1. The van der Waals surface area contributed by atoms with Gasteiger partial charge < -0.3 is 19.3 Å². The van der Waals surface area contributed by atoms with Gasteiger partial charge in [0.1, 0.15) is 12.2 Å². The molecule has 13 heteroatoms. The second-order valence-electron chi connectivity index (χ2n) is 10.1. The quantitative estimate of drug-likeness (QED) is 0.344. The maximum atomic E-state index is 10.2. The Morgan fingerprint density at radius 1 is 1.32 bits per heavy atom. The van der Waals surface area contributed by atoms with Gasteiger partial charge in [0.05, 0.1) is 47.5 Å². The molecule has 0 saturated heterocycles. The van der Waals surface area contributed by atoms with Crippen molar-refractivity contribution in [2.45, 2.75) is 52.7 Å². The van der Waals surface area contributed by atoms with E-state index in [2.05, 4.69) is 32.1 Å². The Hall–Kier alpha value is -4.25. The molecule has 41 heavy (non-hydrogen) atoms. The van der Waals surface area contributed by atoms with E-state index in [1.165, 1.54) is 0 Å². The fourth-order valence-corrected chi connectivity index (χ4v) is 5.11. The van der Waals surface area contributed by atoms with Gasteiger partial charge in [-0.25, -0.2) is 9.67 Å². The summed E-state index contributed by atoms with van der Waals surface area (Å²) >= 11 is 0.